The summed E-state index contributed by atoms with van der Waals surface area (Å²) in [6, 6.07) is 3.91. The van der Waals surface area contributed by atoms with Crippen LogP contribution < -0.4 is 0 Å². The second-order valence-corrected chi connectivity index (χ2v) is 5.35. The van der Waals surface area contributed by atoms with Gasteiger partial charge in [-0.3, -0.25) is 0 Å². The van der Waals surface area contributed by atoms with Gasteiger partial charge in [0.15, 0.2) is 6.10 Å². The number of ether oxygens (including phenoxy) is 1. The van der Waals surface area contributed by atoms with Gasteiger partial charge < -0.3 is 9.84 Å². The lowest BCUT2D eigenvalue weighted by Gasteiger charge is -2.27. The van der Waals surface area contributed by atoms with Crippen LogP contribution in [0, 0.1) is 6.92 Å². The standard InChI is InChI=1S/C11H16O3S/c1-7-5-6-8(15-7)11(2,3)9(12)10(13)14-4/h5-6,9,12H,1-4H3. The molecular formula is C11H16O3S. The summed E-state index contributed by atoms with van der Waals surface area (Å²) in [6.45, 7) is 5.66. The summed E-state index contributed by atoms with van der Waals surface area (Å²) in [5.41, 5.74) is -0.605. The highest BCUT2D eigenvalue weighted by molar-refractivity contribution is 7.12. The van der Waals surface area contributed by atoms with Crippen molar-refractivity contribution in [1.82, 2.24) is 0 Å². The van der Waals surface area contributed by atoms with E-state index in [0.717, 1.165) is 9.75 Å². The minimum atomic E-state index is -1.12. The number of hydrogen-bond donors (Lipinski definition) is 1. The Balaban J connectivity index is 2.96. The van der Waals surface area contributed by atoms with Crippen molar-refractivity contribution in [2.45, 2.75) is 32.3 Å². The van der Waals surface area contributed by atoms with E-state index in [-0.39, 0.29) is 0 Å². The molecule has 1 aromatic rings. The molecule has 0 amide bonds. The molecule has 15 heavy (non-hydrogen) atoms. The number of methoxy groups -OCH3 is 1. The first-order valence-corrected chi connectivity index (χ1v) is 5.54. The minimum absolute atomic E-state index is 0.592. The molecular weight excluding hydrogens is 212 g/mol. The first kappa shape index (κ1) is 12.2. The van der Waals surface area contributed by atoms with E-state index in [4.69, 9.17) is 0 Å². The van der Waals surface area contributed by atoms with Crippen LogP contribution in [0.1, 0.15) is 23.6 Å². The molecule has 0 aliphatic carbocycles. The van der Waals surface area contributed by atoms with Gasteiger partial charge in [0, 0.05) is 15.2 Å². The Hall–Kier alpha value is -0.870. The number of rotatable bonds is 3. The third kappa shape index (κ3) is 2.38. The smallest absolute Gasteiger partial charge is 0.335 e. The van der Waals surface area contributed by atoms with Gasteiger partial charge in [-0.15, -0.1) is 11.3 Å². The van der Waals surface area contributed by atoms with Crippen LogP contribution in [0.5, 0.6) is 0 Å². The van der Waals surface area contributed by atoms with Gasteiger partial charge in [0.2, 0.25) is 0 Å². The highest BCUT2D eigenvalue weighted by Gasteiger charge is 2.36. The van der Waals surface area contributed by atoms with Gasteiger partial charge >= 0.3 is 5.97 Å². The van der Waals surface area contributed by atoms with E-state index >= 15 is 0 Å². The molecule has 0 spiro atoms. The Bertz CT molecular complexity index is 354. The summed E-state index contributed by atoms with van der Waals surface area (Å²) in [5, 5.41) is 9.84. The van der Waals surface area contributed by atoms with Gasteiger partial charge in [-0.25, -0.2) is 4.79 Å². The van der Waals surface area contributed by atoms with Crippen molar-refractivity contribution in [3.05, 3.63) is 21.9 Å². The summed E-state index contributed by atoms with van der Waals surface area (Å²) >= 11 is 1.58. The lowest BCUT2D eigenvalue weighted by atomic mass is 9.85. The van der Waals surface area contributed by atoms with E-state index in [9.17, 15) is 9.90 Å². The Morgan fingerprint density at radius 3 is 2.53 bits per heavy atom. The average molecular weight is 228 g/mol. The number of aryl methyl sites for hydroxylation is 1. The molecule has 1 rings (SSSR count). The number of aliphatic hydroxyl groups excluding tert-OH is 1. The summed E-state index contributed by atoms with van der Waals surface area (Å²) < 4.78 is 4.54. The molecule has 4 heteroatoms. The van der Waals surface area contributed by atoms with Gasteiger partial charge in [0.1, 0.15) is 0 Å². The van der Waals surface area contributed by atoms with E-state index in [1.165, 1.54) is 7.11 Å². The molecule has 0 saturated heterocycles. The van der Waals surface area contributed by atoms with E-state index in [1.54, 1.807) is 11.3 Å². The third-order valence-corrected chi connectivity index (χ3v) is 3.82. The number of carbonyl (C=O) groups excluding carboxylic acids is 1. The Morgan fingerprint density at radius 2 is 2.13 bits per heavy atom. The second-order valence-electron chi connectivity index (χ2n) is 4.06. The molecule has 1 unspecified atom stereocenters. The molecule has 0 fully saturated rings. The lowest BCUT2D eigenvalue weighted by Crippen LogP contribution is -2.40. The zero-order valence-corrected chi connectivity index (χ0v) is 10.2. The Morgan fingerprint density at radius 1 is 1.53 bits per heavy atom. The second kappa shape index (κ2) is 4.33. The molecule has 1 aromatic heterocycles. The van der Waals surface area contributed by atoms with Crippen LogP contribution in [0.3, 0.4) is 0 Å². The van der Waals surface area contributed by atoms with Gasteiger partial charge in [0.25, 0.3) is 0 Å². The first-order valence-electron chi connectivity index (χ1n) is 4.72. The van der Waals surface area contributed by atoms with Crippen molar-refractivity contribution in [3.8, 4) is 0 Å². The van der Waals surface area contributed by atoms with Crippen LogP contribution in [-0.4, -0.2) is 24.3 Å². The van der Waals surface area contributed by atoms with Crippen LogP contribution in [0.15, 0.2) is 12.1 Å². The highest BCUT2D eigenvalue weighted by Crippen LogP contribution is 2.33. The highest BCUT2D eigenvalue weighted by atomic mass is 32.1. The van der Waals surface area contributed by atoms with Crippen molar-refractivity contribution in [2.75, 3.05) is 7.11 Å². The maximum atomic E-state index is 11.3. The number of aliphatic hydroxyl groups is 1. The summed E-state index contributed by atoms with van der Waals surface area (Å²) in [5.74, 6) is -0.592. The van der Waals surface area contributed by atoms with Crippen LogP contribution in [0.4, 0.5) is 0 Å². The van der Waals surface area contributed by atoms with Crippen molar-refractivity contribution in [2.24, 2.45) is 0 Å². The molecule has 1 N–H and O–H groups in total. The Labute approximate surface area is 93.7 Å². The largest absolute Gasteiger partial charge is 0.467 e. The number of hydrogen-bond acceptors (Lipinski definition) is 4. The van der Waals surface area contributed by atoms with E-state index in [2.05, 4.69) is 4.74 Å². The summed E-state index contributed by atoms with van der Waals surface area (Å²) in [6.07, 6.45) is -1.12. The summed E-state index contributed by atoms with van der Waals surface area (Å²) in [7, 11) is 1.28. The minimum Gasteiger partial charge on any atom is -0.467 e. The van der Waals surface area contributed by atoms with E-state index in [0.29, 0.717) is 0 Å². The van der Waals surface area contributed by atoms with E-state index in [1.807, 2.05) is 32.9 Å². The molecule has 0 aromatic carbocycles. The van der Waals surface area contributed by atoms with Crippen LogP contribution in [0.25, 0.3) is 0 Å². The van der Waals surface area contributed by atoms with Crippen molar-refractivity contribution < 1.29 is 14.6 Å². The van der Waals surface area contributed by atoms with Gasteiger partial charge in [-0.1, -0.05) is 13.8 Å². The Kier molecular flexibility index (Phi) is 3.52. The fourth-order valence-electron chi connectivity index (χ4n) is 1.32. The van der Waals surface area contributed by atoms with E-state index < -0.39 is 17.5 Å². The average Bonchev–Trinajstić information content (AvgIpc) is 2.63. The number of esters is 1. The van der Waals surface area contributed by atoms with Gasteiger partial charge in [0.05, 0.1) is 7.11 Å². The van der Waals surface area contributed by atoms with Crippen LogP contribution >= 0.6 is 11.3 Å². The molecule has 3 nitrogen and oxygen atoms in total. The first-order chi connectivity index (χ1) is 6.89. The SMILES string of the molecule is COC(=O)C(O)C(C)(C)c1ccc(C)s1. The fourth-order valence-corrected chi connectivity index (χ4v) is 2.32. The predicted octanol–water partition coefficient (Wildman–Crippen LogP) is 1.87. The van der Waals surface area contributed by atoms with Crippen molar-refractivity contribution in [3.63, 3.8) is 0 Å². The fraction of sp³-hybridized carbons (Fsp3) is 0.545. The molecule has 1 atom stereocenters. The quantitative estimate of drug-likeness (QED) is 0.803. The third-order valence-electron chi connectivity index (χ3n) is 2.48. The summed E-state index contributed by atoms with van der Waals surface area (Å²) in [4.78, 5) is 13.4. The number of carbonyl (C=O) groups is 1. The maximum Gasteiger partial charge on any atom is 0.335 e. The maximum absolute atomic E-state index is 11.3. The predicted molar refractivity (Wildman–Crippen MR) is 60.1 cm³/mol. The lowest BCUT2D eigenvalue weighted by molar-refractivity contribution is -0.153. The molecule has 0 bridgehead atoms. The monoisotopic (exact) mass is 228 g/mol. The molecule has 0 saturated carbocycles. The molecule has 1 heterocycles. The zero-order valence-electron chi connectivity index (χ0n) is 9.40. The topological polar surface area (TPSA) is 46.5 Å². The zero-order chi connectivity index (χ0) is 11.6. The number of thiophene rings is 1. The normalized spacial score (nSPS) is 13.7. The van der Waals surface area contributed by atoms with Crippen LogP contribution in [0.2, 0.25) is 0 Å². The molecule has 84 valence electrons. The molecule has 0 aliphatic rings. The van der Waals surface area contributed by atoms with Crippen molar-refractivity contribution >= 4 is 17.3 Å². The molecule has 0 aliphatic heterocycles. The van der Waals surface area contributed by atoms with Crippen molar-refractivity contribution in [1.29, 1.82) is 0 Å². The molecule has 0 radical (unpaired) electrons. The van der Waals surface area contributed by atoms with Crippen LogP contribution in [-0.2, 0) is 14.9 Å². The van der Waals surface area contributed by atoms with Gasteiger partial charge in [-0.05, 0) is 19.1 Å². The van der Waals surface area contributed by atoms with Gasteiger partial charge in [-0.2, -0.15) is 0 Å².